The van der Waals surface area contributed by atoms with Crippen molar-refractivity contribution in [2.45, 2.75) is 52.0 Å². The van der Waals surface area contributed by atoms with Gasteiger partial charge in [-0.1, -0.05) is 39.0 Å². The molecule has 4 heteroatoms. The SMILES string of the molecule is CCCCCCCCNCc1cc(OC)c2c(c1)OCO2. The Morgan fingerprint density at radius 1 is 1.10 bits per heavy atom. The van der Waals surface area contributed by atoms with E-state index in [0.717, 1.165) is 30.3 Å². The van der Waals surface area contributed by atoms with Gasteiger partial charge in [0, 0.05) is 6.54 Å². The molecule has 2 rings (SSSR count). The number of unbranched alkanes of at least 4 members (excludes halogenated alkanes) is 5. The number of ether oxygens (including phenoxy) is 3. The first-order chi connectivity index (χ1) is 10.3. The van der Waals surface area contributed by atoms with Crippen molar-refractivity contribution in [1.29, 1.82) is 0 Å². The van der Waals surface area contributed by atoms with Crippen LogP contribution in [0.3, 0.4) is 0 Å². The second kappa shape index (κ2) is 8.78. The third-order valence-corrected chi connectivity index (χ3v) is 3.75. The molecule has 0 amide bonds. The Morgan fingerprint density at radius 2 is 1.90 bits per heavy atom. The standard InChI is InChI=1S/C17H27NO3/c1-3-4-5-6-7-8-9-18-12-14-10-15(19-2)17-16(11-14)20-13-21-17/h10-11,18H,3-9,12-13H2,1-2H3. The highest BCUT2D eigenvalue weighted by molar-refractivity contribution is 5.55. The highest BCUT2D eigenvalue weighted by Gasteiger charge is 2.19. The minimum absolute atomic E-state index is 0.278. The van der Waals surface area contributed by atoms with Gasteiger partial charge >= 0.3 is 0 Å². The number of fused-ring (bicyclic) bond motifs is 1. The molecule has 0 bridgehead atoms. The number of nitrogens with one attached hydrogen (secondary N) is 1. The van der Waals surface area contributed by atoms with E-state index in [1.165, 1.54) is 44.1 Å². The minimum Gasteiger partial charge on any atom is -0.493 e. The van der Waals surface area contributed by atoms with Gasteiger partial charge in [0.2, 0.25) is 12.5 Å². The normalized spacial score (nSPS) is 12.7. The van der Waals surface area contributed by atoms with Gasteiger partial charge in [-0.3, -0.25) is 0 Å². The molecule has 1 N–H and O–H groups in total. The smallest absolute Gasteiger partial charge is 0.231 e. The van der Waals surface area contributed by atoms with Crippen molar-refractivity contribution in [1.82, 2.24) is 5.32 Å². The molecule has 118 valence electrons. The molecule has 0 fully saturated rings. The van der Waals surface area contributed by atoms with Crippen LogP contribution in [-0.2, 0) is 6.54 Å². The Kier molecular flexibility index (Phi) is 6.67. The predicted molar refractivity (Wildman–Crippen MR) is 84.2 cm³/mol. The second-order valence-electron chi connectivity index (χ2n) is 5.48. The molecular weight excluding hydrogens is 266 g/mol. The number of methoxy groups -OCH3 is 1. The summed E-state index contributed by atoms with van der Waals surface area (Å²) in [4.78, 5) is 0. The molecule has 1 aromatic carbocycles. The summed E-state index contributed by atoms with van der Waals surface area (Å²) in [6, 6.07) is 4.04. The maximum atomic E-state index is 5.43. The number of benzene rings is 1. The van der Waals surface area contributed by atoms with Crippen molar-refractivity contribution in [3.63, 3.8) is 0 Å². The molecule has 21 heavy (non-hydrogen) atoms. The van der Waals surface area contributed by atoms with Crippen LogP contribution in [0, 0.1) is 0 Å². The summed E-state index contributed by atoms with van der Waals surface area (Å²) < 4.78 is 16.2. The minimum atomic E-state index is 0.278. The van der Waals surface area contributed by atoms with Crippen molar-refractivity contribution in [2.75, 3.05) is 20.4 Å². The highest BCUT2D eigenvalue weighted by Crippen LogP contribution is 2.41. The summed E-state index contributed by atoms with van der Waals surface area (Å²) >= 11 is 0. The first-order valence-corrected chi connectivity index (χ1v) is 8.02. The van der Waals surface area contributed by atoms with Crippen LogP contribution >= 0.6 is 0 Å². The molecule has 0 saturated heterocycles. The van der Waals surface area contributed by atoms with Gasteiger partial charge in [-0.05, 0) is 30.7 Å². The lowest BCUT2D eigenvalue weighted by Gasteiger charge is -2.09. The number of rotatable bonds is 10. The third-order valence-electron chi connectivity index (χ3n) is 3.75. The van der Waals surface area contributed by atoms with Crippen molar-refractivity contribution in [3.8, 4) is 17.2 Å². The largest absolute Gasteiger partial charge is 0.493 e. The van der Waals surface area contributed by atoms with Crippen LogP contribution < -0.4 is 19.5 Å². The first kappa shape index (κ1) is 16.0. The van der Waals surface area contributed by atoms with Crippen molar-refractivity contribution < 1.29 is 14.2 Å². The zero-order valence-corrected chi connectivity index (χ0v) is 13.2. The number of hydrogen-bond acceptors (Lipinski definition) is 4. The van der Waals surface area contributed by atoms with Crippen LogP contribution in [0.1, 0.15) is 51.0 Å². The third kappa shape index (κ3) is 4.81. The lowest BCUT2D eigenvalue weighted by atomic mass is 10.1. The van der Waals surface area contributed by atoms with E-state index in [4.69, 9.17) is 14.2 Å². The zero-order chi connectivity index (χ0) is 14.9. The first-order valence-electron chi connectivity index (χ1n) is 8.02. The summed E-state index contributed by atoms with van der Waals surface area (Å²) in [5.41, 5.74) is 1.17. The number of hydrogen-bond donors (Lipinski definition) is 1. The van der Waals surface area contributed by atoms with Crippen LogP contribution in [0.25, 0.3) is 0 Å². The van der Waals surface area contributed by atoms with Crippen molar-refractivity contribution in [3.05, 3.63) is 17.7 Å². The summed E-state index contributed by atoms with van der Waals surface area (Å²) in [5.74, 6) is 2.25. The maximum absolute atomic E-state index is 5.43. The van der Waals surface area contributed by atoms with Crippen LogP contribution in [0.4, 0.5) is 0 Å². The van der Waals surface area contributed by atoms with E-state index >= 15 is 0 Å². The van der Waals surface area contributed by atoms with Gasteiger partial charge < -0.3 is 19.5 Å². The molecule has 1 aromatic rings. The van der Waals surface area contributed by atoms with Gasteiger partial charge in [0.05, 0.1) is 7.11 Å². The Bertz CT molecular complexity index is 434. The average Bonchev–Trinajstić information content (AvgIpc) is 2.97. The zero-order valence-electron chi connectivity index (χ0n) is 13.2. The van der Waals surface area contributed by atoms with E-state index in [2.05, 4.69) is 12.2 Å². The Balaban J connectivity index is 1.69. The van der Waals surface area contributed by atoms with E-state index in [9.17, 15) is 0 Å². The molecular formula is C17H27NO3. The summed E-state index contributed by atoms with van der Waals surface area (Å²) in [7, 11) is 1.66. The Morgan fingerprint density at radius 3 is 2.71 bits per heavy atom. The molecule has 0 aliphatic carbocycles. The van der Waals surface area contributed by atoms with Crippen LogP contribution in [0.15, 0.2) is 12.1 Å². The molecule has 0 atom stereocenters. The fraction of sp³-hybridized carbons (Fsp3) is 0.647. The van der Waals surface area contributed by atoms with E-state index in [-0.39, 0.29) is 6.79 Å². The van der Waals surface area contributed by atoms with Gasteiger partial charge in [-0.25, -0.2) is 0 Å². The van der Waals surface area contributed by atoms with E-state index < -0.39 is 0 Å². The second-order valence-corrected chi connectivity index (χ2v) is 5.48. The molecule has 1 aliphatic rings. The van der Waals surface area contributed by atoms with E-state index in [1.807, 2.05) is 12.1 Å². The van der Waals surface area contributed by atoms with Gasteiger partial charge in [0.25, 0.3) is 0 Å². The monoisotopic (exact) mass is 293 g/mol. The molecule has 1 aliphatic heterocycles. The Labute approximate surface area is 127 Å². The van der Waals surface area contributed by atoms with Gasteiger partial charge in [0.1, 0.15) is 0 Å². The van der Waals surface area contributed by atoms with Crippen molar-refractivity contribution in [2.24, 2.45) is 0 Å². The van der Waals surface area contributed by atoms with Crippen molar-refractivity contribution >= 4 is 0 Å². The molecule has 0 saturated carbocycles. The van der Waals surface area contributed by atoms with Crippen LogP contribution in [0.5, 0.6) is 17.2 Å². The molecule has 1 heterocycles. The molecule has 0 aromatic heterocycles. The average molecular weight is 293 g/mol. The fourth-order valence-electron chi connectivity index (χ4n) is 2.55. The van der Waals surface area contributed by atoms with Gasteiger partial charge in [-0.2, -0.15) is 0 Å². The molecule has 0 radical (unpaired) electrons. The Hall–Kier alpha value is -1.42. The highest BCUT2D eigenvalue weighted by atomic mass is 16.7. The van der Waals surface area contributed by atoms with Crippen LogP contribution in [-0.4, -0.2) is 20.4 Å². The molecule has 0 spiro atoms. The topological polar surface area (TPSA) is 39.7 Å². The predicted octanol–water partition coefficient (Wildman–Crippen LogP) is 3.87. The van der Waals surface area contributed by atoms with Gasteiger partial charge in [-0.15, -0.1) is 0 Å². The summed E-state index contributed by atoms with van der Waals surface area (Å²) in [6.45, 7) is 4.42. The molecule has 0 unspecified atom stereocenters. The lowest BCUT2D eigenvalue weighted by Crippen LogP contribution is -2.14. The summed E-state index contributed by atoms with van der Waals surface area (Å²) in [5, 5.41) is 3.48. The van der Waals surface area contributed by atoms with Crippen LogP contribution in [0.2, 0.25) is 0 Å². The fourth-order valence-corrected chi connectivity index (χ4v) is 2.55. The van der Waals surface area contributed by atoms with E-state index in [0.29, 0.717) is 0 Å². The summed E-state index contributed by atoms with van der Waals surface area (Å²) in [6.07, 6.45) is 7.96. The maximum Gasteiger partial charge on any atom is 0.231 e. The van der Waals surface area contributed by atoms with E-state index in [1.54, 1.807) is 7.11 Å². The lowest BCUT2D eigenvalue weighted by molar-refractivity contribution is 0.171. The van der Waals surface area contributed by atoms with Gasteiger partial charge in [0.15, 0.2) is 11.5 Å². The molecule has 4 nitrogen and oxygen atoms in total. The quantitative estimate of drug-likeness (QED) is 0.665.